The van der Waals surface area contributed by atoms with E-state index in [0.717, 1.165) is 0 Å². The van der Waals surface area contributed by atoms with Crippen molar-refractivity contribution in [2.75, 3.05) is 19.8 Å². The fraction of sp³-hybridized carbons (Fsp3) is 0.667. The van der Waals surface area contributed by atoms with Gasteiger partial charge in [-0.1, -0.05) is 6.58 Å². The fourth-order valence-corrected chi connectivity index (χ4v) is 0.911. The fourth-order valence-electron chi connectivity index (χ4n) is 0.911. The van der Waals surface area contributed by atoms with Crippen LogP contribution in [0, 0.1) is 0 Å². The molecule has 0 aromatic heterocycles. The number of carbonyl (C=O) groups excluding carboxylic acids is 1. The Morgan fingerprint density at radius 2 is 1.86 bits per heavy atom. The van der Waals surface area contributed by atoms with E-state index in [1.807, 2.05) is 0 Å². The number of aliphatic hydroxyl groups excluding tert-OH is 3. The van der Waals surface area contributed by atoms with Gasteiger partial charge in [0, 0.05) is 12.2 Å². The van der Waals surface area contributed by atoms with Gasteiger partial charge >= 0.3 is 0 Å². The smallest absolute Gasteiger partial charge is 0.246 e. The van der Waals surface area contributed by atoms with E-state index < -0.39 is 24.7 Å². The van der Waals surface area contributed by atoms with Gasteiger partial charge in [0.1, 0.15) is 0 Å². The van der Waals surface area contributed by atoms with Gasteiger partial charge in [-0.15, -0.1) is 0 Å². The van der Waals surface area contributed by atoms with Crippen molar-refractivity contribution < 1.29 is 20.1 Å². The first-order valence-electron chi connectivity index (χ1n) is 4.32. The molecule has 0 aromatic carbocycles. The van der Waals surface area contributed by atoms with E-state index in [-0.39, 0.29) is 18.6 Å². The van der Waals surface area contributed by atoms with E-state index in [1.165, 1.54) is 6.92 Å². The molecule has 5 heteroatoms. The van der Waals surface area contributed by atoms with Crippen LogP contribution in [-0.4, -0.2) is 46.6 Å². The summed E-state index contributed by atoms with van der Waals surface area (Å²) in [5, 5.41) is 29.2. The summed E-state index contributed by atoms with van der Waals surface area (Å²) in [7, 11) is 0. The van der Waals surface area contributed by atoms with Crippen LogP contribution in [0.1, 0.15) is 13.3 Å². The summed E-state index contributed by atoms with van der Waals surface area (Å²) in [6.45, 7) is 3.87. The highest BCUT2D eigenvalue weighted by atomic mass is 16.3. The maximum absolute atomic E-state index is 11.2. The van der Waals surface area contributed by atoms with Crippen LogP contribution in [0.3, 0.4) is 0 Å². The van der Waals surface area contributed by atoms with Gasteiger partial charge in [-0.2, -0.15) is 0 Å². The molecule has 1 amide bonds. The van der Waals surface area contributed by atoms with Gasteiger partial charge < -0.3 is 20.6 Å². The number of hydrogen-bond acceptors (Lipinski definition) is 4. The zero-order valence-electron chi connectivity index (χ0n) is 8.29. The number of amides is 1. The van der Waals surface area contributed by atoms with Crippen LogP contribution >= 0.6 is 0 Å². The van der Waals surface area contributed by atoms with Crippen LogP contribution in [0.2, 0.25) is 0 Å². The Balaban J connectivity index is 4.49. The Bertz CT molecular complexity index is 211. The summed E-state index contributed by atoms with van der Waals surface area (Å²) in [4.78, 5) is 11.2. The molecular weight excluding hydrogens is 186 g/mol. The van der Waals surface area contributed by atoms with Gasteiger partial charge in [0.2, 0.25) is 5.91 Å². The van der Waals surface area contributed by atoms with Crippen molar-refractivity contribution in [3.8, 4) is 0 Å². The van der Waals surface area contributed by atoms with Gasteiger partial charge in [0.05, 0.1) is 18.8 Å². The molecule has 0 saturated carbocycles. The number of aliphatic hydroxyl groups is 3. The molecule has 4 N–H and O–H groups in total. The molecule has 0 atom stereocenters. The first-order chi connectivity index (χ1) is 6.51. The van der Waals surface area contributed by atoms with Crippen molar-refractivity contribution in [3.05, 3.63) is 12.2 Å². The molecule has 0 rings (SSSR count). The van der Waals surface area contributed by atoms with Crippen LogP contribution in [0.15, 0.2) is 12.2 Å². The van der Waals surface area contributed by atoms with Gasteiger partial charge in [-0.25, -0.2) is 0 Å². The highest BCUT2D eigenvalue weighted by Crippen LogP contribution is 2.09. The summed E-state index contributed by atoms with van der Waals surface area (Å²) in [5.74, 6) is -0.443. The lowest BCUT2D eigenvalue weighted by molar-refractivity contribution is -0.120. The number of hydrogen-bond donors (Lipinski definition) is 4. The second-order valence-corrected chi connectivity index (χ2v) is 3.30. The normalized spacial score (nSPS) is 11.1. The molecule has 5 nitrogen and oxygen atoms in total. The molecule has 0 aliphatic heterocycles. The Morgan fingerprint density at radius 1 is 1.36 bits per heavy atom. The van der Waals surface area contributed by atoms with E-state index in [2.05, 4.69) is 11.9 Å². The summed E-state index contributed by atoms with van der Waals surface area (Å²) in [6.07, 6.45) is 0.0962. The zero-order valence-corrected chi connectivity index (χ0v) is 8.29. The average molecular weight is 203 g/mol. The first-order valence-corrected chi connectivity index (χ1v) is 4.32. The molecule has 14 heavy (non-hydrogen) atoms. The SMILES string of the molecule is C=C(C)C(=O)NC(CO)(CO)CCO. The molecular formula is C9H17NO4. The molecule has 0 spiro atoms. The van der Waals surface area contributed by atoms with Crippen LogP contribution in [0.25, 0.3) is 0 Å². The minimum Gasteiger partial charge on any atom is -0.396 e. The lowest BCUT2D eigenvalue weighted by atomic mass is 9.97. The Morgan fingerprint density at radius 3 is 2.14 bits per heavy atom. The maximum Gasteiger partial charge on any atom is 0.246 e. The molecule has 0 fully saturated rings. The van der Waals surface area contributed by atoms with Crippen molar-refractivity contribution in [2.45, 2.75) is 18.9 Å². The average Bonchev–Trinajstić information content (AvgIpc) is 2.16. The van der Waals surface area contributed by atoms with Gasteiger partial charge in [-0.3, -0.25) is 4.79 Å². The van der Waals surface area contributed by atoms with Crippen molar-refractivity contribution in [2.24, 2.45) is 0 Å². The summed E-state index contributed by atoms with van der Waals surface area (Å²) >= 11 is 0. The van der Waals surface area contributed by atoms with Gasteiger partial charge in [0.15, 0.2) is 0 Å². The maximum atomic E-state index is 11.2. The topological polar surface area (TPSA) is 89.8 Å². The minimum atomic E-state index is -1.16. The number of rotatable bonds is 6. The van der Waals surface area contributed by atoms with Crippen molar-refractivity contribution in [1.82, 2.24) is 5.32 Å². The van der Waals surface area contributed by atoms with E-state index in [9.17, 15) is 4.79 Å². The highest BCUT2D eigenvalue weighted by Gasteiger charge is 2.30. The second-order valence-electron chi connectivity index (χ2n) is 3.30. The van der Waals surface area contributed by atoms with E-state index >= 15 is 0 Å². The third-order valence-electron chi connectivity index (χ3n) is 1.96. The van der Waals surface area contributed by atoms with E-state index in [1.54, 1.807) is 0 Å². The highest BCUT2D eigenvalue weighted by molar-refractivity contribution is 5.92. The Labute approximate surface area is 83.1 Å². The molecule has 0 radical (unpaired) electrons. The predicted octanol–water partition coefficient (Wildman–Crippen LogP) is -1.22. The van der Waals surface area contributed by atoms with Gasteiger partial charge in [-0.05, 0) is 13.3 Å². The van der Waals surface area contributed by atoms with Crippen LogP contribution in [0.5, 0.6) is 0 Å². The summed E-state index contributed by atoms with van der Waals surface area (Å²) in [6, 6.07) is 0. The number of carbonyl (C=O) groups is 1. The molecule has 0 unspecified atom stereocenters. The van der Waals surface area contributed by atoms with Crippen molar-refractivity contribution in [1.29, 1.82) is 0 Å². The minimum absolute atomic E-state index is 0.0962. The Hall–Kier alpha value is -0.910. The largest absolute Gasteiger partial charge is 0.396 e. The van der Waals surface area contributed by atoms with Crippen LogP contribution < -0.4 is 5.32 Å². The molecule has 0 aromatic rings. The van der Waals surface area contributed by atoms with E-state index in [0.29, 0.717) is 0 Å². The van der Waals surface area contributed by atoms with Crippen LogP contribution in [0.4, 0.5) is 0 Å². The van der Waals surface area contributed by atoms with Crippen molar-refractivity contribution in [3.63, 3.8) is 0 Å². The Kier molecular flexibility index (Phi) is 5.37. The third kappa shape index (κ3) is 3.45. The monoisotopic (exact) mass is 203 g/mol. The standard InChI is InChI=1S/C9H17NO4/c1-7(2)8(14)10-9(5-12,6-13)3-4-11/h11-13H,1,3-6H2,2H3,(H,10,14). The van der Waals surface area contributed by atoms with Gasteiger partial charge in [0.25, 0.3) is 0 Å². The summed E-state index contributed by atoms with van der Waals surface area (Å²) in [5.41, 5.74) is -0.876. The first kappa shape index (κ1) is 13.1. The molecule has 0 saturated heterocycles. The third-order valence-corrected chi connectivity index (χ3v) is 1.96. The number of nitrogens with one attached hydrogen (secondary N) is 1. The molecule has 0 aliphatic rings. The second kappa shape index (κ2) is 5.74. The summed E-state index contributed by atoms with van der Waals surface area (Å²) < 4.78 is 0. The molecule has 0 aliphatic carbocycles. The predicted molar refractivity (Wildman–Crippen MR) is 51.6 cm³/mol. The quantitative estimate of drug-likeness (QED) is 0.407. The molecule has 82 valence electrons. The lowest BCUT2D eigenvalue weighted by Crippen LogP contribution is -2.55. The van der Waals surface area contributed by atoms with Crippen molar-refractivity contribution >= 4 is 5.91 Å². The molecule has 0 heterocycles. The zero-order chi connectivity index (χ0) is 11.2. The molecule has 0 bridgehead atoms. The van der Waals surface area contributed by atoms with E-state index in [4.69, 9.17) is 15.3 Å². The lowest BCUT2D eigenvalue weighted by Gasteiger charge is -2.30. The van der Waals surface area contributed by atoms with Crippen LogP contribution in [-0.2, 0) is 4.79 Å².